The highest BCUT2D eigenvalue weighted by atomic mass is 32.2. The number of carboxylic acid groups (broad SMARTS) is 1. The Balaban J connectivity index is 0.000000505. The van der Waals surface area contributed by atoms with Crippen molar-refractivity contribution in [2.45, 2.75) is 35.7 Å². The highest BCUT2D eigenvalue weighted by Gasteiger charge is 2.38. The molecular weight excluding hydrogens is 521 g/mol. The number of benzene rings is 2. The number of carboxylic acids is 1. The molecule has 0 radical (unpaired) electrons. The number of anilines is 1. The topological polar surface area (TPSA) is 98.0 Å². The third-order valence-corrected chi connectivity index (χ3v) is 6.27. The van der Waals surface area contributed by atoms with E-state index in [0.717, 1.165) is 63.4 Å². The van der Waals surface area contributed by atoms with E-state index in [4.69, 9.17) is 24.4 Å². The van der Waals surface area contributed by atoms with Gasteiger partial charge in [0.2, 0.25) is 0 Å². The lowest BCUT2D eigenvalue weighted by atomic mass is 10.1. The van der Waals surface area contributed by atoms with Crippen LogP contribution in [-0.2, 0) is 4.79 Å². The number of hydrogen-bond acceptors (Lipinski definition) is 7. The number of carbonyl (C=O) groups is 1. The molecule has 38 heavy (non-hydrogen) atoms. The Morgan fingerprint density at radius 3 is 2.45 bits per heavy atom. The molecule has 0 unspecified atom stereocenters. The number of fused-ring (bicyclic) bond motifs is 1. The first-order chi connectivity index (χ1) is 18.2. The summed E-state index contributed by atoms with van der Waals surface area (Å²) in [6.07, 6.45) is 2.65. The Hall–Kier alpha value is -3.93. The summed E-state index contributed by atoms with van der Waals surface area (Å²) < 4.78 is 44.7. The number of nitrogens with zero attached hydrogens (tertiary/aromatic N) is 3. The smallest absolute Gasteiger partial charge is 0.490 e. The van der Waals surface area contributed by atoms with Gasteiger partial charge in [-0.2, -0.15) is 13.2 Å². The van der Waals surface area contributed by atoms with Gasteiger partial charge in [0.15, 0.2) is 5.65 Å². The number of imidazole rings is 1. The van der Waals surface area contributed by atoms with Crippen molar-refractivity contribution in [3.8, 4) is 22.8 Å². The summed E-state index contributed by atoms with van der Waals surface area (Å²) in [5.74, 6) is -0.106. The summed E-state index contributed by atoms with van der Waals surface area (Å²) in [4.78, 5) is 20.1. The minimum absolute atomic E-state index is 0.816. The molecule has 202 valence electrons. The first kappa shape index (κ1) is 28.6. The zero-order valence-corrected chi connectivity index (χ0v) is 21.8. The van der Waals surface area contributed by atoms with Crippen molar-refractivity contribution in [1.29, 1.82) is 0 Å². The van der Waals surface area contributed by atoms with E-state index in [-0.39, 0.29) is 0 Å². The van der Waals surface area contributed by atoms with Gasteiger partial charge < -0.3 is 19.9 Å². The molecule has 0 aliphatic carbocycles. The van der Waals surface area contributed by atoms with Crippen molar-refractivity contribution in [2.24, 2.45) is 0 Å². The van der Waals surface area contributed by atoms with Crippen molar-refractivity contribution in [3.05, 3.63) is 61.1 Å². The van der Waals surface area contributed by atoms with E-state index in [0.29, 0.717) is 0 Å². The molecule has 12 heteroatoms. The fourth-order valence-electron chi connectivity index (χ4n) is 3.34. The highest BCUT2D eigenvalue weighted by molar-refractivity contribution is 7.99. The number of methoxy groups -OCH3 is 2. The van der Waals surface area contributed by atoms with Gasteiger partial charge in [-0.05, 0) is 48.9 Å². The normalized spacial score (nSPS) is 11.0. The van der Waals surface area contributed by atoms with E-state index in [1.165, 1.54) is 0 Å². The predicted molar refractivity (Wildman–Crippen MR) is 139 cm³/mol. The van der Waals surface area contributed by atoms with Crippen LogP contribution in [0.5, 0.6) is 11.5 Å². The minimum Gasteiger partial charge on any atom is -0.497 e. The van der Waals surface area contributed by atoms with Gasteiger partial charge in [0.25, 0.3) is 0 Å². The summed E-state index contributed by atoms with van der Waals surface area (Å²) in [6, 6.07) is 14.2. The lowest BCUT2D eigenvalue weighted by Gasteiger charge is -2.12. The lowest BCUT2D eigenvalue weighted by molar-refractivity contribution is -0.192. The average Bonchev–Trinajstić information content (AvgIpc) is 3.27. The Bertz CT molecular complexity index is 1360. The molecule has 0 fully saturated rings. The quantitative estimate of drug-likeness (QED) is 0.232. The predicted octanol–water partition coefficient (Wildman–Crippen LogP) is 6.41. The molecular formula is C26H27F3N4O4S. The molecule has 2 heterocycles. The highest BCUT2D eigenvalue weighted by Crippen LogP contribution is 2.39. The number of alkyl halides is 3. The van der Waals surface area contributed by atoms with Crippen molar-refractivity contribution >= 4 is 29.2 Å². The van der Waals surface area contributed by atoms with Crippen LogP contribution in [0.3, 0.4) is 0 Å². The van der Waals surface area contributed by atoms with E-state index >= 15 is 0 Å². The van der Waals surface area contributed by atoms with Crippen LogP contribution in [0, 0.1) is 0 Å². The van der Waals surface area contributed by atoms with Crippen LogP contribution in [0.1, 0.15) is 19.8 Å². The first-order valence-electron chi connectivity index (χ1n) is 11.5. The van der Waals surface area contributed by atoms with Crippen LogP contribution in [-0.4, -0.2) is 52.4 Å². The molecule has 0 bridgehead atoms. The van der Waals surface area contributed by atoms with E-state index in [1.54, 1.807) is 38.4 Å². The molecule has 4 rings (SSSR count). The van der Waals surface area contributed by atoms with Crippen LogP contribution >= 0.6 is 11.8 Å². The maximum absolute atomic E-state index is 10.6. The van der Waals surface area contributed by atoms with Gasteiger partial charge in [-0.15, -0.1) is 0 Å². The molecule has 0 aliphatic heterocycles. The first-order valence-corrected chi connectivity index (χ1v) is 12.4. The monoisotopic (exact) mass is 548 g/mol. The largest absolute Gasteiger partial charge is 0.497 e. The van der Waals surface area contributed by atoms with Gasteiger partial charge in [-0.25, -0.2) is 9.78 Å². The van der Waals surface area contributed by atoms with Crippen LogP contribution in [0.4, 0.5) is 19.0 Å². The van der Waals surface area contributed by atoms with E-state index in [9.17, 15) is 13.2 Å². The van der Waals surface area contributed by atoms with Gasteiger partial charge in [-0.3, -0.25) is 9.38 Å². The zero-order chi connectivity index (χ0) is 27.7. The SMILES string of the molecule is CCCCNc1c(-c2ccc(OC)c(Sc3ccc(OC)cc3)c2)nc2cnccn12.O=C(O)C(F)(F)F. The maximum atomic E-state index is 10.6. The molecule has 0 saturated carbocycles. The summed E-state index contributed by atoms with van der Waals surface area (Å²) in [5, 5.41) is 10.7. The Morgan fingerprint density at radius 1 is 1.13 bits per heavy atom. The second kappa shape index (κ2) is 13.0. The molecule has 0 aliphatic rings. The fourth-order valence-corrected chi connectivity index (χ4v) is 4.30. The minimum atomic E-state index is -5.08. The number of unbranched alkanes of at least 4 members (excludes halogenated alkanes) is 1. The number of ether oxygens (including phenoxy) is 2. The second-order valence-electron chi connectivity index (χ2n) is 7.84. The fraction of sp³-hybridized carbons (Fsp3) is 0.269. The van der Waals surface area contributed by atoms with Gasteiger partial charge in [0.1, 0.15) is 23.0 Å². The number of hydrogen-bond donors (Lipinski definition) is 2. The maximum Gasteiger partial charge on any atom is 0.490 e. The number of halogens is 3. The lowest BCUT2D eigenvalue weighted by Crippen LogP contribution is -2.21. The van der Waals surface area contributed by atoms with Crippen molar-refractivity contribution in [3.63, 3.8) is 0 Å². The molecule has 4 aromatic rings. The van der Waals surface area contributed by atoms with Gasteiger partial charge in [-0.1, -0.05) is 25.1 Å². The van der Waals surface area contributed by atoms with Crippen molar-refractivity contribution < 1.29 is 32.5 Å². The number of rotatable bonds is 9. The standard InChI is InChI=1S/C24H26N4O2S.C2HF3O2/c1-4-5-12-26-24-23(27-22-16-25-13-14-28(22)24)17-6-11-20(30-3)21(15-17)31-19-9-7-18(29-2)8-10-19;3-2(4,5)1(6)7/h6-11,13-16,26H,4-5,12H2,1-3H3;(H,6,7). The number of aromatic nitrogens is 3. The van der Waals surface area contributed by atoms with Crippen molar-refractivity contribution in [2.75, 3.05) is 26.1 Å². The number of nitrogens with one attached hydrogen (secondary N) is 1. The van der Waals surface area contributed by atoms with Crippen LogP contribution in [0.15, 0.2) is 70.8 Å². The van der Waals surface area contributed by atoms with E-state index < -0.39 is 12.1 Å². The average molecular weight is 549 g/mol. The van der Waals surface area contributed by atoms with Crippen molar-refractivity contribution in [1.82, 2.24) is 14.4 Å². The van der Waals surface area contributed by atoms with Gasteiger partial charge in [0.05, 0.1) is 25.3 Å². The third kappa shape index (κ3) is 7.31. The van der Waals surface area contributed by atoms with Gasteiger partial charge in [0, 0.05) is 29.4 Å². The molecule has 2 N–H and O–H groups in total. The second-order valence-corrected chi connectivity index (χ2v) is 8.96. The molecule has 0 saturated heterocycles. The van der Waals surface area contributed by atoms with E-state index in [1.807, 2.05) is 36.5 Å². The summed E-state index contributed by atoms with van der Waals surface area (Å²) in [6.45, 7) is 3.08. The van der Waals surface area contributed by atoms with Crippen LogP contribution in [0.25, 0.3) is 16.9 Å². The molecule has 0 atom stereocenters. The van der Waals surface area contributed by atoms with Crippen LogP contribution < -0.4 is 14.8 Å². The molecule has 2 aromatic carbocycles. The third-order valence-electron chi connectivity index (χ3n) is 5.22. The summed E-state index contributed by atoms with van der Waals surface area (Å²) >= 11 is 1.65. The Kier molecular flexibility index (Phi) is 9.83. The van der Waals surface area contributed by atoms with Gasteiger partial charge >= 0.3 is 12.1 Å². The number of aliphatic carboxylic acids is 1. The Morgan fingerprint density at radius 2 is 1.84 bits per heavy atom. The van der Waals surface area contributed by atoms with Crippen LogP contribution in [0.2, 0.25) is 0 Å². The zero-order valence-electron chi connectivity index (χ0n) is 21.0. The summed E-state index contributed by atoms with van der Waals surface area (Å²) in [5.41, 5.74) is 2.75. The molecule has 0 spiro atoms. The summed E-state index contributed by atoms with van der Waals surface area (Å²) in [7, 11) is 3.37. The molecule has 8 nitrogen and oxygen atoms in total. The Labute approximate surface area is 221 Å². The molecule has 2 aromatic heterocycles. The molecule has 0 amide bonds. The van der Waals surface area contributed by atoms with E-state index in [2.05, 4.69) is 33.8 Å².